The molecule has 4 nitrogen and oxygen atoms in total. The topological polar surface area (TPSA) is 57.6 Å². The number of aliphatic hydroxyl groups is 1. The highest BCUT2D eigenvalue weighted by Crippen LogP contribution is 2.24. The summed E-state index contributed by atoms with van der Waals surface area (Å²) in [6.45, 7) is 4.64. The molecule has 1 aliphatic heterocycles. The van der Waals surface area contributed by atoms with Crippen LogP contribution in [0.15, 0.2) is 29.2 Å². The van der Waals surface area contributed by atoms with Gasteiger partial charge in [-0.3, -0.25) is 0 Å². The summed E-state index contributed by atoms with van der Waals surface area (Å²) in [6.07, 6.45) is 0.517. The van der Waals surface area contributed by atoms with E-state index in [1.165, 1.54) is 4.31 Å². The Morgan fingerprint density at radius 1 is 1.33 bits per heavy atom. The summed E-state index contributed by atoms with van der Waals surface area (Å²) in [5, 5.41) is 9.17. The van der Waals surface area contributed by atoms with E-state index in [4.69, 9.17) is 0 Å². The molecule has 0 saturated carbocycles. The van der Waals surface area contributed by atoms with Gasteiger partial charge in [0.15, 0.2) is 0 Å². The molecule has 0 amide bonds. The molecule has 1 saturated heterocycles. The summed E-state index contributed by atoms with van der Waals surface area (Å²) >= 11 is 0. The molecule has 0 aliphatic carbocycles. The third-order valence-corrected chi connectivity index (χ3v) is 5.37. The molecule has 1 N–H and O–H groups in total. The second-order valence-electron chi connectivity index (χ2n) is 4.85. The summed E-state index contributed by atoms with van der Waals surface area (Å²) in [5.41, 5.74) is 1.15. The average molecular weight is 269 g/mol. The molecule has 100 valence electrons. The fourth-order valence-corrected chi connectivity index (χ4v) is 3.48. The quantitative estimate of drug-likeness (QED) is 0.902. The van der Waals surface area contributed by atoms with Gasteiger partial charge in [-0.25, -0.2) is 8.42 Å². The van der Waals surface area contributed by atoms with Crippen LogP contribution >= 0.6 is 0 Å². The van der Waals surface area contributed by atoms with Crippen molar-refractivity contribution < 1.29 is 13.5 Å². The zero-order valence-electron chi connectivity index (χ0n) is 10.7. The third kappa shape index (κ3) is 2.43. The number of nitrogens with zero attached hydrogens (tertiary/aromatic N) is 1. The lowest BCUT2D eigenvalue weighted by molar-refractivity contribution is 0.0548. The molecule has 1 aromatic carbocycles. The molecular weight excluding hydrogens is 250 g/mol. The van der Waals surface area contributed by atoms with Crippen LogP contribution in [0.2, 0.25) is 0 Å². The SMILES string of the molecule is CCC(C)c1ccc(S(=O)(=O)N2CC(O)C2)cc1. The third-order valence-electron chi connectivity index (χ3n) is 3.53. The van der Waals surface area contributed by atoms with Gasteiger partial charge in [0.2, 0.25) is 10.0 Å². The van der Waals surface area contributed by atoms with Gasteiger partial charge in [0.25, 0.3) is 0 Å². The molecular formula is C13H19NO3S. The van der Waals surface area contributed by atoms with Gasteiger partial charge >= 0.3 is 0 Å². The lowest BCUT2D eigenvalue weighted by atomic mass is 9.99. The lowest BCUT2D eigenvalue weighted by Crippen LogP contribution is -2.53. The number of rotatable bonds is 4. The highest BCUT2D eigenvalue weighted by Gasteiger charge is 2.35. The van der Waals surface area contributed by atoms with E-state index in [2.05, 4.69) is 13.8 Å². The lowest BCUT2D eigenvalue weighted by Gasteiger charge is -2.34. The second kappa shape index (κ2) is 4.99. The van der Waals surface area contributed by atoms with Gasteiger partial charge in [-0.15, -0.1) is 0 Å². The summed E-state index contributed by atoms with van der Waals surface area (Å²) in [7, 11) is -3.41. The van der Waals surface area contributed by atoms with Crippen molar-refractivity contribution in [2.24, 2.45) is 0 Å². The predicted molar refractivity (Wildman–Crippen MR) is 69.9 cm³/mol. The molecule has 0 radical (unpaired) electrons. The van der Waals surface area contributed by atoms with Crippen molar-refractivity contribution in [2.75, 3.05) is 13.1 Å². The van der Waals surface area contributed by atoms with Crippen LogP contribution in [-0.4, -0.2) is 37.0 Å². The number of hydrogen-bond acceptors (Lipinski definition) is 3. The standard InChI is InChI=1S/C13H19NO3S/c1-3-10(2)11-4-6-13(7-5-11)18(16,17)14-8-12(15)9-14/h4-7,10,12,15H,3,8-9H2,1-2H3. The zero-order chi connectivity index (χ0) is 13.3. The van der Waals surface area contributed by atoms with E-state index in [0.717, 1.165) is 12.0 Å². The Labute approximate surface area is 108 Å². The smallest absolute Gasteiger partial charge is 0.243 e. The predicted octanol–water partition coefficient (Wildman–Crippen LogP) is 1.57. The Morgan fingerprint density at radius 3 is 2.33 bits per heavy atom. The normalized spacial score (nSPS) is 19.5. The molecule has 1 atom stereocenters. The number of benzene rings is 1. The maximum atomic E-state index is 12.1. The zero-order valence-corrected chi connectivity index (χ0v) is 11.5. The van der Waals surface area contributed by atoms with Gasteiger partial charge in [-0.1, -0.05) is 26.0 Å². The average Bonchev–Trinajstić information content (AvgIpc) is 2.34. The van der Waals surface area contributed by atoms with Crippen LogP contribution in [0.5, 0.6) is 0 Å². The highest BCUT2D eigenvalue weighted by molar-refractivity contribution is 7.89. The van der Waals surface area contributed by atoms with Crippen LogP contribution in [0.4, 0.5) is 0 Å². The molecule has 0 bridgehead atoms. The fourth-order valence-electron chi connectivity index (χ4n) is 1.97. The first kappa shape index (κ1) is 13.5. The van der Waals surface area contributed by atoms with Gasteiger partial charge < -0.3 is 5.11 Å². The van der Waals surface area contributed by atoms with E-state index in [-0.39, 0.29) is 13.1 Å². The molecule has 1 fully saturated rings. The summed E-state index contributed by atoms with van der Waals surface area (Å²) in [5.74, 6) is 0.438. The van der Waals surface area contributed by atoms with Gasteiger partial charge in [-0.2, -0.15) is 4.31 Å². The van der Waals surface area contributed by atoms with Crippen molar-refractivity contribution in [1.82, 2.24) is 4.31 Å². The molecule has 18 heavy (non-hydrogen) atoms. The highest BCUT2D eigenvalue weighted by atomic mass is 32.2. The molecule has 1 unspecified atom stereocenters. The van der Waals surface area contributed by atoms with Crippen LogP contribution in [0, 0.1) is 0 Å². The largest absolute Gasteiger partial charge is 0.390 e. The maximum absolute atomic E-state index is 12.1. The summed E-state index contributed by atoms with van der Waals surface area (Å²) in [6, 6.07) is 7.05. The van der Waals surface area contributed by atoms with E-state index < -0.39 is 16.1 Å². The summed E-state index contributed by atoms with van der Waals surface area (Å²) in [4.78, 5) is 0.307. The van der Waals surface area contributed by atoms with Crippen molar-refractivity contribution in [3.05, 3.63) is 29.8 Å². The Bertz CT molecular complexity index is 504. The van der Waals surface area contributed by atoms with Crippen molar-refractivity contribution in [1.29, 1.82) is 0 Å². The minimum absolute atomic E-state index is 0.204. The van der Waals surface area contributed by atoms with Crippen LogP contribution in [0.1, 0.15) is 31.7 Å². The molecule has 0 aromatic heterocycles. The number of sulfonamides is 1. The Hall–Kier alpha value is -0.910. The first-order chi connectivity index (χ1) is 8.45. The van der Waals surface area contributed by atoms with Crippen LogP contribution in [-0.2, 0) is 10.0 Å². The molecule has 1 heterocycles. The van der Waals surface area contributed by atoms with Gasteiger partial charge in [-0.05, 0) is 30.0 Å². The monoisotopic (exact) mass is 269 g/mol. The maximum Gasteiger partial charge on any atom is 0.243 e. The van der Waals surface area contributed by atoms with E-state index in [1.54, 1.807) is 12.1 Å². The second-order valence-corrected chi connectivity index (χ2v) is 6.79. The number of aliphatic hydroxyl groups excluding tert-OH is 1. The Balaban J connectivity index is 2.19. The molecule has 5 heteroatoms. The van der Waals surface area contributed by atoms with E-state index >= 15 is 0 Å². The van der Waals surface area contributed by atoms with Crippen LogP contribution in [0.25, 0.3) is 0 Å². The van der Waals surface area contributed by atoms with Gasteiger partial charge in [0, 0.05) is 13.1 Å². The van der Waals surface area contributed by atoms with Crippen molar-refractivity contribution >= 4 is 10.0 Å². The van der Waals surface area contributed by atoms with Gasteiger partial charge in [0.05, 0.1) is 11.0 Å². The van der Waals surface area contributed by atoms with E-state index in [0.29, 0.717) is 10.8 Å². The minimum Gasteiger partial charge on any atom is -0.390 e. The summed E-state index contributed by atoms with van der Waals surface area (Å²) < 4.78 is 25.6. The Kier molecular flexibility index (Phi) is 3.75. The van der Waals surface area contributed by atoms with Crippen LogP contribution in [0.3, 0.4) is 0 Å². The number of β-amino-alcohol motifs (C(OH)–C–C–N with tert-alkyl or cyclic N) is 1. The van der Waals surface area contributed by atoms with Crippen LogP contribution < -0.4 is 0 Å². The molecule has 2 rings (SSSR count). The molecule has 1 aromatic rings. The number of hydrogen-bond donors (Lipinski definition) is 1. The Morgan fingerprint density at radius 2 is 1.89 bits per heavy atom. The van der Waals surface area contributed by atoms with Crippen molar-refractivity contribution in [3.8, 4) is 0 Å². The first-order valence-corrected chi connectivity index (χ1v) is 7.67. The first-order valence-electron chi connectivity index (χ1n) is 6.23. The van der Waals surface area contributed by atoms with Crippen molar-refractivity contribution in [2.45, 2.75) is 37.2 Å². The van der Waals surface area contributed by atoms with E-state index in [9.17, 15) is 13.5 Å². The molecule has 0 spiro atoms. The molecule has 1 aliphatic rings. The van der Waals surface area contributed by atoms with Crippen molar-refractivity contribution in [3.63, 3.8) is 0 Å². The van der Waals surface area contributed by atoms with Gasteiger partial charge in [0.1, 0.15) is 0 Å². The van der Waals surface area contributed by atoms with E-state index in [1.807, 2.05) is 12.1 Å². The fraction of sp³-hybridized carbons (Fsp3) is 0.538. The minimum atomic E-state index is -3.41.